The van der Waals surface area contributed by atoms with Crippen molar-refractivity contribution in [3.05, 3.63) is 47.6 Å². The fourth-order valence-electron chi connectivity index (χ4n) is 6.10. The Morgan fingerprint density at radius 3 is 2.61 bits per heavy atom. The second-order valence-corrected chi connectivity index (χ2v) is 9.92. The van der Waals surface area contributed by atoms with Crippen molar-refractivity contribution >= 4 is 11.7 Å². The third-order valence-corrected chi connectivity index (χ3v) is 7.96. The van der Waals surface area contributed by atoms with E-state index >= 15 is 0 Å². The molecule has 1 unspecified atom stereocenters. The van der Waals surface area contributed by atoms with Crippen LogP contribution in [0.5, 0.6) is 5.75 Å². The zero-order valence-corrected chi connectivity index (χ0v) is 19.0. The maximum absolute atomic E-state index is 12.8. The smallest absolute Gasteiger partial charge is 0.311 e. The van der Waals surface area contributed by atoms with E-state index < -0.39 is 0 Å². The number of benzene rings is 1. The Morgan fingerprint density at radius 2 is 1.90 bits per heavy atom. The van der Waals surface area contributed by atoms with E-state index in [0.29, 0.717) is 0 Å². The lowest BCUT2D eigenvalue weighted by molar-refractivity contribution is -0.145. The number of nitrogens with zero attached hydrogens (tertiary/aromatic N) is 2. The average Bonchev–Trinajstić information content (AvgIpc) is 3.06. The normalized spacial score (nSPS) is 33.2. The van der Waals surface area contributed by atoms with Crippen LogP contribution in [0, 0.1) is 17.3 Å². The molecule has 5 rings (SSSR count). The minimum Gasteiger partial charge on any atom is -0.497 e. The number of esters is 1. The summed E-state index contributed by atoms with van der Waals surface area (Å²) in [5, 5.41) is 0. The van der Waals surface area contributed by atoms with Crippen molar-refractivity contribution < 1.29 is 14.3 Å². The van der Waals surface area contributed by atoms with Gasteiger partial charge in [-0.15, -0.1) is 0 Å². The highest BCUT2D eigenvalue weighted by atomic mass is 16.6. The molecule has 0 aromatic heterocycles. The number of rotatable bonds is 4. The Bertz CT molecular complexity index is 898. The Balaban J connectivity index is 1.25. The summed E-state index contributed by atoms with van der Waals surface area (Å²) < 4.78 is 11.2. The molecule has 0 saturated carbocycles. The van der Waals surface area contributed by atoms with E-state index in [1.165, 1.54) is 16.8 Å². The quantitative estimate of drug-likeness (QED) is 0.685. The van der Waals surface area contributed by atoms with E-state index in [4.69, 9.17) is 9.47 Å². The molecule has 2 fully saturated rings. The van der Waals surface area contributed by atoms with Gasteiger partial charge in [-0.25, -0.2) is 0 Å². The molecular weight excluding hydrogens is 388 g/mol. The van der Waals surface area contributed by atoms with Crippen LogP contribution in [0.2, 0.25) is 0 Å². The summed E-state index contributed by atoms with van der Waals surface area (Å²) in [5.41, 5.74) is 4.27. The Labute approximate surface area is 185 Å². The molecule has 0 N–H and O–H groups in total. The molecule has 2 aliphatic heterocycles. The van der Waals surface area contributed by atoms with Crippen molar-refractivity contribution in [2.45, 2.75) is 39.2 Å². The lowest BCUT2D eigenvalue weighted by Gasteiger charge is -2.43. The van der Waals surface area contributed by atoms with Gasteiger partial charge < -0.3 is 14.4 Å². The lowest BCUT2D eigenvalue weighted by Crippen LogP contribution is -2.49. The van der Waals surface area contributed by atoms with Crippen LogP contribution in [-0.2, 0) is 9.53 Å². The summed E-state index contributed by atoms with van der Waals surface area (Å²) in [6, 6.07) is 8.28. The van der Waals surface area contributed by atoms with E-state index in [1.807, 2.05) is 12.1 Å². The fourth-order valence-corrected chi connectivity index (χ4v) is 6.10. The van der Waals surface area contributed by atoms with E-state index in [-0.39, 0.29) is 29.3 Å². The first kappa shape index (κ1) is 20.6. The first-order valence-corrected chi connectivity index (χ1v) is 11.7. The van der Waals surface area contributed by atoms with Gasteiger partial charge in [-0.05, 0) is 61.4 Å². The molecule has 5 heteroatoms. The van der Waals surface area contributed by atoms with Crippen LogP contribution < -0.4 is 9.64 Å². The van der Waals surface area contributed by atoms with Gasteiger partial charge >= 0.3 is 5.97 Å². The summed E-state index contributed by atoms with van der Waals surface area (Å²) in [4.78, 5) is 17.7. The third kappa shape index (κ3) is 3.78. The Hall–Kier alpha value is -2.27. The zero-order chi connectivity index (χ0) is 21.6. The fraction of sp³-hybridized carbons (Fsp3) is 0.577. The molecule has 2 heterocycles. The van der Waals surface area contributed by atoms with Gasteiger partial charge in [0, 0.05) is 44.3 Å². The monoisotopic (exact) mass is 422 g/mol. The molecule has 2 saturated heterocycles. The van der Waals surface area contributed by atoms with Gasteiger partial charge in [0.2, 0.25) is 0 Å². The SMILES string of the molecule is COc1ccc(N2CCN(CC3C(=O)O[C@@H]4C[C@@]5(C)CCC=C(C)C5=C[C@H]34)CC2)cc1. The van der Waals surface area contributed by atoms with Crippen molar-refractivity contribution in [2.24, 2.45) is 17.3 Å². The molecule has 0 radical (unpaired) electrons. The highest BCUT2D eigenvalue weighted by Crippen LogP contribution is 2.52. The van der Waals surface area contributed by atoms with Crippen LogP contribution in [0.3, 0.4) is 0 Å². The largest absolute Gasteiger partial charge is 0.497 e. The molecule has 4 aliphatic rings. The molecule has 1 aromatic carbocycles. The van der Waals surface area contributed by atoms with Gasteiger partial charge in [-0.1, -0.05) is 24.6 Å². The number of carbonyl (C=O) groups is 1. The van der Waals surface area contributed by atoms with Crippen molar-refractivity contribution in [1.82, 2.24) is 4.90 Å². The van der Waals surface area contributed by atoms with E-state index in [1.54, 1.807) is 7.11 Å². The van der Waals surface area contributed by atoms with E-state index in [9.17, 15) is 4.79 Å². The predicted molar refractivity (Wildman–Crippen MR) is 122 cm³/mol. The lowest BCUT2D eigenvalue weighted by atomic mass is 9.62. The Kier molecular flexibility index (Phi) is 5.33. The number of piperazine rings is 1. The number of ether oxygens (including phenoxy) is 2. The molecule has 5 nitrogen and oxygen atoms in total. The number of allylic oxidation sites excluding steroid dienone is 3. The molecule has 0 spiro atoms. The molecule has 4 atom stereocenters. The number of hydrogen-bond acceptors (Lipinski definition) is 5. The van der Waals surface area contributed by atoms with Crippen molar-refractivity contribution in [3.63, 3.8) is 0 Å². The van der Waals surface area contributed by atoms with Crippen molar-refractivity contribution in [2.75, 3.05) is 44.7 Å². The van der Waals surface area contributed by atoms with Gasteiger partial charge in [0.25, 0.3) is 0 Å². The topological polar surface area (TPSA) is 42.0 Å². The summed E-state index contributed by atoms with van der Waals surface area (Å²) in [7, 11) is 1.70. The number of fused-ring (bicyclic) bond motifs is 2. The molecule has 166 valence electrons. The molecular formula is C26H34N2O3. The van der Waals surface area contributed by atoms with Gasteiger partial charge in [-0.2, -0.15) is 0 Å². The molecule has 0 amide bonds. The number of anilines is 1. The highest BCUT2D eigenvalue weighted by molar-refractivity contribution is 5.76. The molecule has 1 aromatic rings. The van der Waals surface area contributed by atoms with Crippen LogP contribution in [0.4, 0.5) is 5.69 Å². The minimum absolute atomic E-state index is 0.00770. The maximum atomic E-state index is 12.8. The zero-order valence-electron chi connectivity index (χ0n) is 19.0. The van der Waals surface area contributed by atoms with Crippen molar-refractivity contribution in [1.29, 1.82) is 0 Å². The average molecular weight is 423 g/mol. The number of methoxy groups -OCH3 is 1. The summed E-state index contributed by atoms with van der Waals surface area (Å²) >= 11 is 0. The highest BCUT2D eigenvalue weighted by Gasteiger charge is 2.51. The van der Waals surface area contributed by atoms with Crippen LogP contribution in [0.15, 0.2) is 47.6 Å². The first-order valence-electron chi connectivity index (χ1n) is 11.7. The van der Waals surface area contributed by atoms with E-state index in [2.05, 4.69) is 47.9 Å². The van der Waals surface area contributed by atoms with Gasteiger partial charge in [0.1, 0.15) is 11.9 Å². The minimum atomic E-state index is -0.0377. The second kappa shape index (κ2) is 8.01. The van der Waals surface area contributed by atoms with E-state index in [0.717, 1.165) is 57.7 Å². The molecule has 31 heavy (non-hydrogen) atoms. The van der Waals surface area contributed by atoms with Crippen LogP contribution in [0.1, 0.15) is 33.1 Å². The van der Waals surface area contributed by atoms with Crippen LogP contribution >= 0.6 is 0 Å². The standard InChI is InChI=1S/C26H34N2O3/c1-18-5-4-10-26(2)16-24-21(15-23(18)26)22(25(29)31-24)17-27-11-13-28(14-12-27)19-6-8-20(30-3)9-7-19/h5-9,15,21-22,24H,4,10-14,16-17H2,1-3H3/t21-,22?,24-,26-/m1/s1. The van der Waals surface area contributed by atoms with Gasteiger partial charge in [-0.3, -0.25) is 9.69 Å². The molecule has 0 bridgehead atoms. The summed E-state index contributed by atoms with van der Waals surface area (Å²) in [6.07, 6.45) is 8.09. The number of carbonyl (C=O) groups excluding carboxylic acids is 1. The van der Waals surface area contributed by atoms with Crippen LogP contribution in [-0.4, -0.2) is 56.8 Å². The third-order valence-electron chi connectivity index (χ3n) is 7.96. The summed E-state index contributed by atoms with van der Waals surface area (Å²) in [5.74, 6) is 1.08. The number of hydrogen-bond donors (Lipinski definition) is 0. The van der Waals surface area contributed by atoms with Crippen LogP contribution in [0.25, 0.3) is 0 Å². The van der Waals surface area contributed by atoms with Crippen molar-refractivity contribution in [3.8, 4) is 5.75 Å². The van der Waals surface area contributed by atoms with Gasteiger partial charge in [0.15, 0.2) is 0 Å². The maximum Gasteiger partial charge on any atom is 0.311 e. The predicted octanol–water partition coefficient (Wildman–Crippen LogP) is 4.05. The first-order chi connectivity index (χ1) is 15.0. The Morgan fingerprint density at radius 1 is 1.16 bits per heavy atom. The van der Waals surface area contributed by atoms with Gasteiger partial charge in [0.05, 0.1) is 13.0 Å². The molecule has 2 aliphatic carbocycles. The summed E-state index contributed by atoms with van der Waals surface area (Å²) in [6.45, 7) is 9.28. The second-order valence-electron chi connectivity index (χ2n) is 9.92.